The predicted octanol–water partition coefficient (Wildman–Crippen LogP) is 5.13. The summed E-state index contributed by atoms with van der Waals surface area (Å²) in [7, 11) is 0. The van der Waals surface area contributed by atoms with Crippen LogP contribution in [0.4, 0.5) is 11.4 Å². The molecule has 1 aliphatic rings. The summed E-state index contributed by atoms with van der Waals surface area (Å²) >= 11 is 6.10. The van der Waals surface area contributed by atoms with Crippen molar-refractivity contribution in [1.82, 2.24) is 0 Å². The number of carbonyl (C=O) groups excluding carboxylic acids is 2. The van der Waals surface area contributed by atoms with E-state index in [1.54, 1.807) is 12.1 Å². The molecule has 0 aliphatic heterocycles. The Bertz CT molecular complexity index is 840. The number of nitrogens with one attached hydrogen (secondary N) is 2. The van der Waals surface area contributed by atoms with Crippen molar-refractivity contribution in [1.29, 1.82) is 0 Å². The summed E-state index contributed by atoms with van der Waals surface area (Å²) in [4.78, 5) is 25.3. The van der Waals surface area contributed by atoms with Crippen LogP contribution in [0.15, 0.2) is 42.5 Å². The monoisotopic (exact) mass is 370 g/mol. The number of hydrogen-bond donors (Lipinski definition) is 2. The van der Waals surface area contributed by atoms with Crippen LogP contribution in [-0.4, -0.2) is 11.8 Å². The molecule has 26 heavy (non-hydrogen) atoms. The van der Waals surface area contributed by atoms with Crippen molar-refractivity contribution in [2.45, 2.75) is 39.5 Å². The second kappa shape index (κ2) is 7.12. The van der Waals surface area contributed by atoms with Gasteiger partial charge in [0, 0.05) is 16.4 Å². The van der Waals surface area contributed by atoms with Crippen molar-refractivity contribution in [2.75, 3.05) is 10.6 Å². The van der Waals surface area contributed by atoms with Gasteiger partial charge in [0.15, 0.2) is 0 Å². The summed E-state index contributed by atoms with van der Waals surface area (Å²) in [6.07, 6.45) is 1.10. The quantitative estimate of drug-likeness (QED) is 0.717. The van der Waals surface area contributed by atoms with E-state index < -0.39 is 5.41 Å². The van der Waals surface area contributed by atoms with Crippen molar-refractivity contribution in [3.63, 3.8) is 0 Å². The molecule has 4 nitrogen and oxygen atoms in total. The highest BCUT2D eigenvalue weighted by molar-refractivity contribution is 6.31. The number of halogens is 1. The fraction of sp³-hybridized carbons (Fsp3) is 0.333. The van der Waals surface area contributed by atoms with Crippen molar-refractivity contribution >= 4 is 34.8 Å². The lowest BCUT2D eigenvalue weighted by Crippen LogP contribution is -2.35. The van der Waals surface area contributed by atoms with Gasteiger partial charge < -0.3 is 10.6 Å². The lowest BCUT2D eigenvalue weighted by molar-refractivity contribution is -0.131. The van der Waals surface area contributed by atoms with Crippen molar-refractivity contribution in [3.05, 3.63) is 58.6 Å². The van der Waals surface area contributed by atoms with Crippen LogP contribution in [0, 0.1) is 12.3 Å². The molecule has 5 heteroatoms. The van der Waals surface area contributed by atoms with Gasteiger partial charge in [0.05, 0.1) is 0 Å². The van der Waals surface area contributed by atoms with Crippen LogP contribution >= 0.6 is 11.6 Å². The Labute approximate surface area is 158 Å². The maximum Gasteiger partial charge on any atom is 0.240 e. The zero-order valence-electron chi connectivity index (χ0n) is 15.2. The molecule has 3 rings (SSSR count). The van der Waals surface area contributed by atoms with Crippen LogP contribution in [0.3, 0.4) is 0 Å². The van der Waals surface area contributed by atoms with E-state index in [0.29, 0.717) is 35.2 Å². The van der Waals surface area contributed by atoms with Gasteiger partial charge >= 0.3 is 0 Å². The number of aryl methyl sites for hydroxylation is 1. The molecule has 1 aliphatic carbocycles. The van der Waals surface area contributed by atoms with Gasteiger partial charge in [-0.3, -0.25) is 9.59 Å². The van der Waals surface area contributed by atoms with E-state index in [1.165, 1.54) is 5.56 Å². The second-order valence-corrected chi connectivity index (χ2v) is 7.64. The highest BCUT2D eigenvalue weighted by Crippen LogP contribution is 2.47. The maximum atomic E-state index is 12.7. The summed E-state index contributed by atoms with van der Waals surface area (Å²) < 4.78 is 0. The average Bonchev–Trinajstić information content (AvgIpc) is 3.40. The van der Waals surface area contributed by atoms with Crippen LogP contribution in [0.5, 0.6) is 0 Å². The minimum absolute atomic E-state index is 0.259. The number of hydrogen-bond acceptors (Lipinski definition) is 2. The van der Waals surface area contributed by atoms with Gasteiger partial charge in [-0.05, 0) is 61.1 Å². The number of rotatable bonds is 5. The molecule has 0 unspecified atom stereocenters. The Morgan fingerprint density at radius 1 is 0.962 bits per heavy atom. The van der Waals surface area contributed by atoms with Gasteiger partial charge in [0.1, 0.15) is 5.41 Å². The molecule has 2 aromatic rings. The molecule has 0 atom stereocenters. The molecular formula is C21H23ClN2O2. The topological polar surface area (TPSA) is 58.2 Å². The first kappa shape index (κ1) is 18.5. The van der Waals surface area contributed by atoms with Gasteiger partial charge in [-0.1, -0.05) is 43.6 Å². The first-order valence-electron chi connectivity index (χ1n) is 8.81. The smallest absolute Gasteiger partial charge is 0.240 e. The van der Waals surface area contributed by atoms with E-state index in [0.717, 1.165) is 5.56 Å². The lowest BCUT2D eigenvalue weighted by atomic mass is 10.0. The molecule has 0 radical (unpaired) electrons. The van der Waals surface area contributed by atoms with E-state index in [-0.39, 0.29) is 11.8 Å². The largest absolute Gasteiger partial charge is 0.325 e. The zero-order valence-corrected chi connectivity index (χ0v) is 16.0. The zero-order chi connectivity index (χ0) is 18.9. The molecule has 2 aromatic carbocycles. The van der Waals surface area contributed by atoms with Crippen LogP contribution in [0.25, 0.3) is 0 Å². The first-order chi connectivity index (χ1) is 12.3. The van der Waals surface area contributed by atoms with Crippen LogP contribution in [0.2, 0.25) is 5.02 Å². The minimum atomic E-state index is -0.992. The Morgan fingerprint density at radius 2 is 1.50 bits per heavy atom. The molecular weight excluding hydrogens is 348 g/mol. The summed E-state index contributed by atoms with van der Waals surface area (Å²) in [5.41, 5.74) is 2.46. The van der Waals surface area contributed by atoms with E-state index in [9.17, 15) is 9.59 Å². The molecule has 0 aromatic heterocycles. The highest BCUT2D eigenvalue weighted by atomic mass is 35.5. The van der Waals surface area contributed by atoms with Crippen LogP contribution in [-0.2, 0) is 9.59 Å². The minimum Gasteiger partial charge on any atom is -0.325 e. The number of benzene rings is 2. The predicted molar refractivity (Wildman–Crippen MR) is 106 cm³/mol. The van der Waals surface area contributed by atoms with Crippen molar-refractivity contribution in [3.8, 4) is 0 Å². The second-order valence-electron chi connectivity index (χ2n) is 7.23. The van der Waals surface area contributed by atoms with Crippen molar-refractivity contribution < 1.29 is 9.59 Å². The van der Waals surface area contributed by atoms with E-state index in [2.05, 4.69) is 24.5 Å². The molecule has 136 valence electrons. The molecule has 2 N–H and O–H groups in total. The third-order valence-corrected chi connectivity index (χ3v) is 5.29. The highest BCUT2D eigenvalue weighted by Gasteiger charge is 2.56. The van der Waals surface area contributed by atoms with Crippen LogP contribution < -0.4 is 10.6 Å². The molecule has 0 spiro atoms. The summed E-state index contributed by atoms with van der Waals surface area (Å²) in [5, 5.41) is 6.28. The van der Waals surface area contributed by atoms with Gasteiger partial charge in [-0.15, -0.1) is 0 Å². The summed E-state index contributed by atoms with van der Waals surface area (Å²) in [5.74, 6) is -0.110. The number of anilines is 2. The van der Waals surface area contributed by atoms with Gasteiger partial charge in [-0.2, -0.15) is 0 Å². The molecule has 1 fully saturated rings. The Kier molecular flexibility index (Phi) is 5.05. The fourth-order valence-corrected chi connectivity index (χ4v) is 2.99. The normalized spacial score (nSPS) is 14.8. The third-order valence-electron chi connectivity index (χ3n) is 4.88. The Hall–Kier alpha value is -2.33. The molecule has 2 amide bonds. The van der Waals surface area contributed by atoms with Gasteiger partial charge in [0.2, 0.25) is 11.8 Å². The SMILES string of the molecule is Cc1ccc(NC(=O)C2(C(=O)Nc3ccc(C(C)C)cc3)CC2)cc1Cl. The molecule has 0 saturated heterocycles. The van der Waals surface area contributed by atoms with E-state index in [4.69, 9.17) is 11.6 Å². The van der Waals surface area contributed by atoms with E-state index in [1.807, 2.05) is 37.3 Å². The molecule has 1 saturated carbocycles. The average molecular weight is 371 g/mol. The lowest BCUT2D eigenvalue weighted by Gasteiger charge is -2.16. The number of carbonyl (C=O) groups is 2. The van der Waals surface area contributed by atoms with Gasteiger partial charge in [-0.25, -0.2) is 0 Å². The molecule has 0 heterocycles. The summed E-state index contributed by atoms with van der Waals surface area (Å²) in [6.45, 7) is 6.14. The van der Waals surface area contributed by atoms with Crippen LogP contribution in [0.1, 0.15) is 43.7 Å². The first-order valence-corrected chi connectivity index (χ1v) is 9.19. The third kappa shape index (κ3) is 3.75. The standard InChI is InChI=1S/C21H23ClN2O2/c1-13(2)15-5-8-16(9-6-15)23-19(25)21(10-11-21)20(26)24-17-7-4-14(3)18(22)12-17/h4-9,12-13H,10-11H2,1-3H3,(H,23,25)(H,24,26). The van der Waals surface area contributed by atoms with Gasteiger partial charge in [0.25, 0.3) is 0 Å². The Balaban J connectivity index is 1.68. The summed E-state index contributed by atoms with van der Waals surface area (Å²) in [6, 6.07) is 13.1. The van der Waals surface area contributed by atoms with Crippen molar-refractivity contribution in [2.24, 2.45) is 5.41 Å². The number of amides is 2. The fourth-order valence-electron chi connectivity index (χ4n) is 2.81. The Morgan fingerprint density at radius 3 is 2.00 bits per heavy atom. The van der Waals surface area contributed by atoms with E-state index >= 15 is 0 Å². The maximum absolute atomic E-state index is 12.7. The molecule has 0 bridgehead atoms.